The van der Waals surface area contributed by atoms with Crippen molar-refractivity contribution in [3.8, 4) is 0 Å². The Morgan fingerprint density at radius 2 is 1.46 bits per heavy atom. The zero-order valence-corrected chi connectivity index (χ0v) is 6.88. The molecule has 0 heterocycles. The number of carbonyl (C=O) groups excluding carboxylic acids is 2. The van der Waals surface area contributed by atoms with E-state index < -0.39 is 0 Å². The fraction of sp³-hybridized carbons (Fsp3) is 0.556. The van der Waals surface area contributed by atoms with E-state index in [-0.39, 0.29) is 23.9 Å². The highest BCUT2D eigenvalue weighted by Crippen LogP contribution is 2.42. The number of fused-ring (bicyclic) bond motifs is 2. The molecule has 0 N–H and O–H groups in total. The van der Waals surface area contributed by atoms with Crippen molar-refractivity contribution < 1.29 is 9.59 Å². The summed E-state index contributed by atoms with van der Waals surface area (Å²) in [6.45, 7) is 0. The van der Waals surface area contributed by atoms with Gasteiger partial charge in [0, 0.05) is 11.8 Å². The lowest BCUT2D eigenvalue weighted by molar-refractivity contribution is 0.485. The van der Waals surface area contributed by atoms with Crippen LogP contribution in [0.25, 0.3) is 0 Å². The molecule has 0 aromatic rings. The zero-order valence-electron chi connectivity index (χ0n) is 6.88. The van der Waals surface area contributed by atoms with Crippen LogP contribution < -0.4 is 0 Å². The highest BCUT2D eigenvalue weighted by molar-refractivity contribution is 5.39. The molecule has 13 heavy (non-hydrogen) atoms. The molecule has 4 heteroatoms. The van der Waals surface area contributed by atoms with Crippen LogP contribution in [-0.2, 0) is 9.59 Å². The lowest BCUT2D eigenvalue weighted by Crippen LogP contribution is -2.26. The van der Waals surface area contributed by atoms with Gasteiger partial charge in [-0.05, 0) is 6.42 Å². The predicted molar refractivity (Wildman–Crippen MR) is 44.6 cm³/mol. The lowest BCUT2D eigenvalue weighted by Gasteiger charge is -2.17. The molecule has 2 rings (SSSR count). The maximum Gasteiger partial charge on any atom is 0.235 e. The van der Waals surface area contributed by atoms with Crippen molar-refractivity contribution in [1.82, 2.24) is 0 Å². The van der Waals surface area contributed by atoms with E-state index in [2.05, 4.69) is 9.98 Å². The summed E-state index contributed by atoms with van der Waals surface area (Å²) in [5.41, 5.74) is 0. The third-order valence-corrected chi connectivity index (χ3v) is 2.78. The van der Waals surface area contributed by atoms with Crippen molar-refractivity contribution in [3.05, 3.63) is 12.2 Å². The lowest BCUT2D eigenvalue weighted by atomic mass is 9.97. The Balaban J connectivity index is 2.29. The molecule has 2 bridgehead atoms. The van der Waals surface area contributed by atoms with Crippen molar-refractivity contribution in [3.63, 3.8) is 0 Å². The van der Waals surface area contributed by atoms with E-state index in [1.807, 2.05) is 12.2 Å². The molecule has 1 fully saturated rings. The molecular weight excluding hydrogens is 168 g/mol. The van der Waals surface area contributed by atoms with Crippen molar-refractivity contribution in [2.75, 3.05) is 0 Å². The second-order valence-corrected chi connectivity index (χ2v) is 3.37. The van der Waals surface area contributed by atoms with E-state index in [9.17, 15) is 9.59 Å². The van der Waals surface area contributed by atoms with E-state index in [1.54, 1.807) is 0 Å². The summed E-state index contributed by atoms with van der Waals surface area (Å²) >= 11 is 0. The zero-order chi connectivity index (χ0) is 9.26. The van der Waals surface area contributed by atoms with Gasteiger partial charge in [0.1, 0.15) is 0 Å². The summed E-state index contributed by atoms with van der Waals surface area (Å²) in [6, 6.07) is -0.372. The van der Waals surface area contributed by atoms with Crippen LogP contribution in [0.15, 0.2) is 22.1 Å². The van der Waals surface area contributed by atoms with Crippen molar-refractivity contribution in [2.45, 2.75) is 18.5 Å². The summed E-state index contributed by atoms with van der Waals surface area (Å²) in [5.74, 6) is 0.516. The first-order valence-electron chi connectivity index (χ1n) is 4.19. The van der Waals surface area contributed by atoms with Gasteiger partial charge in [-0.15, -0.1) is 0 Å². The topological polar surface area (TPSA) is 58.9 Å². The number of aliphatic imine (C=N–C) groups is 2. The Kier molecular flexibility index (Phi) is 1.93. The van der Waals surface area contributed by atoms with Gasteiger partial charge in [-0.2, -0.15) is 9.98 Å². The van der Waals surface area contributed by atoms with E-state index in [0.717, 1.165) is 6.42 Å². The minimum absolute atomic E-state index is 0.186. The van der Waals surface area contributed by atoms with Crippen molar-refractivity contribution >= 4 is 12.2 Å². The molecule has 66 valence electrons. The Morgan fingerprint density at radius 1 is 1.00 bits per heavy atom. The quantitative estimate of drug-likeness (QED) is 0.351. The molecule has 2 aliphatic carbocycles. The average molecular weight is 176 g/mol. The molecule has 4 atom stereocenters. The molecule has 0 aromatic heterocycles. The first kappa shape index (κ1) is 8.11. The van der Waals surface area contributed by atoms with Gasteiger partial charge in [0.2, 0.25) is 12.2 Å². The normalized spacial score (nSPS) is 39.7. The SMILES string of the molecule is O=C=N[C@H]1[C@H](N=C=O)[C@H]2C=C[C@@H]1C2. The van der Waals surface area contributed by atoms with Crippen LogP contribution in [-0.4, -0.2) is 24.2 Å². The number of isocyanates is 2. The van der Waals surface area contributed by atoms with Crippen molar-refractivity contribution in [2.24, 2.45) is 21.8 Å². The van der Waals surface area contributed by atoms with Gasteiger partial charge in [0.25, 0.3) is 0 Å². The van der Waals surface area contributed by atoms with E-state index >= 15 is 0 Å². The molecule has 2 aliphatic rings. The van der Waals surface area contributed by atoms with Gasteiger partial charge in [0.05, 0.1) is 12.1 Å². The van der Waals surface area contributed by atoms with Gasteiger partial charge in [0.15, 0.2) is 0 Å². The van der Waals surface area contributed by atoms with Crippen LogP contribution in [0.2, 0.25) is 0 Å². The van der Waals surface area contributed by atoms with Gasteiger partial charge < -0.3 is 0 Å². The minimum Gasteiger partial charge on any atom is -0.211 e. The largest absolute Gasteiger partial charge is 0.235 e. The average Bonchev–Trinajstić information content (AvgIpc) is 2.69. The number of hydrogen-bond donors (Lipinski definition) is 0. The van der Waals surface area contributed by atoms with E-state index in [1.165, 1.54) is 12.2 Å². The summed E-state index contributed by atoms with van der Waals surface area (Å²) in [6.07, 6.45) is 8.07. The number of rotatable bonds is 2. The number of nitrogens with zero attached hydrogens (tertiary/aromatic N) is 2. The van der Waals surface area contributed by atoms with E-state index in [4.69, 9.17) is 0 Å². The molecule has 0 radical (unpaired) electrons. The van der Waals surface area contributed by atoms with Gasteiger partial charge in [-0.25, -0.2) is 9.59 Å². The molecule has 0 amide bonds. The second kappa shape index (κ2) is 3.09. The molecule has 0 saturated heterocycles. The molecular formula is C9H8N2O2. The third kappa shape index (κ3) is 1.17. The monoisotopic (exact) mass is 176 g/mol. The molecule has 0 spiro atoms. The van der Waals surface area contributed by atoms with Crippen LogP contribution in [0.1, 0.15) is 6.42 Å². The Hall–Kier alpha value is -1.50. The van der Waals surface area contributed by atoms with Gasteiger partial charge in [-0.3, -0.25) is 0 Å². The van der Waals surface area contributed by atoms with Crippen LogP contribution in [0.5, 0.6) is 0 Å². The first-order valence-corrected chi connectivity index (χ1v) is 4.19. The Bertz CT molecular complexity index is 306. The second-order valence-electron chi connectivity index (χ2n) is 3.37. The molecule has 4 nitrogen and oxygen atoms in total. The molecule has 0 unspecified atom stereocenters. The van der Waals surface area contributed by atoms with Gasteiger partial charge in [-0.1, -0.05) is 12.2 Å². The Morgan fingerprint density at radius 3 is 1.85 bits per heavy atom. The highest BCUT2D eigenvalue weighted by atomic mass is 16.1. The summed E-state index contributed by atoms with van der Waals surface area (Å²) in [7, 11) is 0. The third-order valence-electron chi connectivity index (χ3n) is 2.78. The highest BCUT2D eigenvalue weighted by Gasteiger charge is 2.44. The molecule has 1 saturated carbocycles. The van der Waals surface area contributed by atoms with Crippen LogP contribution >= 0.6 is 0 Å². The van der Waals surface area contributed by atoms with Gasteiger partial charge >= 0.3 is 0 Å². The van der Waals surface area contributed by atoms with Crippen LogP contribution in [0, 0.1) is 11.8 Å². The fourth-order valence-electron chi connectivity index (χ4n) is 2.24. The van der Waals surface area contributed by atoms with Crippen LogP contribution in [0.3, 0.4) is 0 Å². The maximum atomic E-state index is 10.1. The summed E-state index contributed by atoms with van der Waals surface area (Å²) in [5, 5.41) is 0. The summed E-state index contributed by atoms with van der Waals surface area (Å²) < 4.78 is 0. The molecule has 0 aromatic carbocycles. The predicted octanol–water partition coefficient (Wildman–Crippen LogP) is 0.601. The van der Waals surface area contributed by atoms with Crippen LogP contribution in [0.4, 0.5) is 0 Å². The minimum atomic E-state index is -0.186. The molecule has 0 aliphatic heterocycles. The van der Waals surface area contributed by atoms with Crippen molar-refractivity contribution in [1.29, 1.82) is 0 Å². The smallest absolute Gasteiger partial charge is 0.211 e. The standard InChI is InChI=1S/C9H8N2O2/c12-4-10-8-6-1-2-7(3-6)9(8)11-5-13/h1-2,6-9H,3H2/t6-,7+,8-,9-/m1/s1. The fourth-order valence-corrected chi connectivity index (χ4v) is 2.24. The van der Waals surface area contributed by atoms with E-state index in [0.29, 0.717) is 0 Å². The first-order chi connectivity index (χ1) is 6.36. The number of hydrogen-bond acceptors (Lipinski definition) is 4. The Labute approximate surface area is 75.1 Å². The summed E-state index contributed by atoms with van der Waals surface area (Å²) in [4.78, 5) is 27.6. The maximum absolute atomic E-state index is 10.1.